The van der Waals surface area contributed by atoms with Crippen LogP contribution in [0, 0.1) is 5.41 Å². The summed E-state index contributed by atoms with van der Waals surface area (Å²) < 4.78 is 26.9. The van der Waals surface area contributed by atoms with Crippen LogP contribution in [0.5, 0.6) is 0 Å². The molecule has 0 bridgehead atoms. The number of hydrogen-bond donors (Lipinski definition) is 1. The topological polar surface area (TPSA) is 49.4 Å². The molecule has 4 nitrogen and oxygen atoms in total. The minimum Gasteiger partial charge on any atom is -0.316 e. The normalized spacial score (nSPS) is 27.5. The molecule has 20 heavy (non-hydrogen) atoms. The van der Waals surface area contributed by atoms with E-state index < -0.39 is 10.0 Å². The van der Waals surface area contributed by atoms with Gasteiger partial charge in [0.1, 0.15) is 0 Å². The number of rotatable bonds is 2. The van der Waals surface area contributed by atoms with Crippen molar-refractivity contribution in [1.29, 1.82) is 0 Å². The Morgan fingerprint density at radius 1 is 1.20 bits per heavy atom. The summed E-state index contributed by atoms with van der Waals surface area (Å²) in [6, 6.07) is 4.47. The number of sulfonamides is 1. The van der Waals surface area contributed by atoms with E-state index in [4.69, 9.17) is 23.2 Å². The van der Waals surface area contributed by atoms with E-state index in [1.807, 2.05) is 0 Å². The maximum absolute atomic E-state index is 12.6. The third-order valence-electron chi connectivity index (χ3n) is 4.26. The van der Waals surface area contributed by atoms with E-state index in [1.165, 1.54) is 18.2 Å². The average molecular weight is 335 g/mol. The zero-order valence-corrected chi connectivity index (χ0v) is 13.2. The molecule has 110 valence electrons. The predicted octanol–water partition coefficient (Wildman–Crippen LogP) is 2.37. The Kier molecular flexibility index (Phi) is 3.75. The number of nitrogens with one attached hydrogen (secondary N) is 1. The SMILES string of the molecule is O=S(=O)(c1ccc(Cl)c(Cl)c1)N1CCC2(CCNC2)C1. The predicted molar refractivity (Wildman–Crippen MR) is 79.8 cm³/mol. The van der Waals surface area contributed by atoms with Gasteiger partial charge in [-0.15, -0.1) is 0 Å². The van der Waals surface area contributed by atoms with E-state index in [0.717, 1.165) is 25.9 Å². The number of hydrogen-bond acceptors (Lipinski definition) is 3. The third-order valence-corrected chi connectivity index (χ3v) is 6.84. The Balaban J connectivity index is 1.87. The molecule has 0 radical (unpaired) electrons. The molecule has 2 heterocycles. The number of nitrogens with zero attached hydrogens (tertiary/aromatic N) is 1. The summed E-state index contributed by atoms with van der Waals surface area (Å²) in [6.45, 7) is 3.04. The maximum Gasteiger partial charge on any atom is 0.243 e. The van der Waals surface area contributed by atoms with Crippen molar-refractivity contribution < 1.29 is 8.42 Å². The number of halogens is 2. The zero-order valence-electron chi connectivity index (χ0n) is 10.9. The Morgan fingerprint density at radius 3 is 2.65 bits per heavy atom. The van der Waals surface area contributed by atoms with Crippen molar-refractivity contribution >= 4 is 33.2 Å². The van der Waals surface area contributed by atoms with Gasteiger partial charge in [-0.2, -0.15) is 4.31 Å². The molecule has 1 N–H and O–H groups in total. The van der Waals surface area contributed by atoms with E-state index in [0.29, 0.717) is 18.1 Å². The molecule has 0 amide bonds. The molecule has 2 aliphatic heterocycles. The summed E-state index contributed by atoms with van der Waals surface area (Å²) >= 11 is 11.8. The van der Waals surface area contributed by atoms with Crippen LogP contribution >= 0.6 is 23.2 Å². The fourth-order valence-corrected chi connectivity index (χ4v) is 4.97. The van der Waals surface area contributed by atoms with Crippen molar-refractivity contribution in [3.63, 3.8) is 0 Å². The lowest BCUT2D eigenvalue weighted by atomic mass is 9.87. The molecular formula is C13H16Cl2N2O2S. The van der Waals surface area contributed by atoms with Crippen LogP contribution in [0.4, 0.5) is 0 Å². The van der Waals surface area contributed by atoms with Gasteiger partial charge in [-0.05, 0) is 43.0 Å². The number of benzene rings is 1. The molecule has 1 unspecified atom stereocenters. The van der Waals surface area contributed by atoms with E-state index in [9.17, 15) is 8.42 Å². The zero-order chi connectivity index (χ0) is 14.4. The summed E-state index contributed by atoms with van der Waals surface area (Å²) in [5.74, 6) is 0. The first-order valence-corrected chi connectivity index (χ1v) is 8.79. The highest BCUT2D eigenvalue weighted by atomic mass is 35.5. The second-order valence-electron chi connectivity index (χ2n) is 5.59. The van der Waals surface area contributed by atoms with Gasteiger partial charge in [-0.1, -0.05) is 23.2 Å². The Bertz CT molecular complexity index is 627. The lowest BCUT2D eigenvalue weighted by Gasteiger charge is -2.22. The van der Waals surface area contributed by atoms with Crippen LogP contribution in [0.3, 0.4) is 0 Å². The minimum absolute atomic E-state index is 0.114. The molecule has 0 aromatic heterocycles. The summed E-state index contributed by atoms with van der Waals surface area (Å²) in [5.41, 5.74) is 0.114. The Morgan fingerprint density at radius 2 is 2.00 bits per heavy atom. The molecule has 3 rings (SSSR count). The lowest BCUT2D eigenvalue weighted by Crippen LogP contribution is -2.33. The smallest absolute Gasteiger partial charge is 0.243 e. The highest BCUT2D eigenvalue weighted by Gasteiger charge is 2.44. The quantitative estimate of drug-likeness (QED) is 0.903. The molecule has 0 saturated carbocycles. The molecule has 1 aromatic rings. The van der Waals surface area contributed by atoms with Gasteiger partial charge in [0.25, 0.3) is 0 Å². The molecule has 1 atom stereocenters. The van der Waals surface area contributed by atoms with Gasteiger partial charge in [-0.3, -0.25) is 0 Å². The molecular weight excluding hydrogens is 319 g/mol. The maximum atomic E-state index is 12.6. The fraction of sp³-hybridized carbons (Fsp3) is 0.538. The van der Waals surface area contributed by atoms with Crippen LogP contribution in [0.15, 0.2) is 23.1 Å². The molecule has 0 aliphatic carbocycles. The molecule has 2 fully saturated rings. The standard InChI is InChI=1S/C13H16Cl2N2O2S/c14-11-2-1-10(7-12(11)15)20(18,19)17-6-4-13(9-17)3-5-16-8-13/h1-2,7,16H,3-6,8-9H2. The molecule has 7 heteroatoms. The van der Waals surface area contributed by atoms with Gasteiger partial charge in [0, 0.05) is 19.6 Å². The molecule has 2 aliphatic rings. The van der Waals surface area contributed by atoms with E-state index in [-0.39, 0.29) is 15.3 Å². The highest BCUT2D eigenvalue weighted by Crippen LogP contribution is 2.38. The first kappa shape index (κ1) is 14.6. The summed E-state index contributed by atoms with van der Waals surface area (Å²) in [6.07, 6.45) is 1.96. The minimum atomic E-state index is -3.48. The average Bonchev–Trinajstić information content (AvgIpc) is 3.04. The largest absolute Gasteiger partial charge is 0.316 e. The van der Waals surface area contributed by atoms with Crippen molar-refractivity contribution in [3.8, 4) is 0 Å². The van der Waals surface area contributed by atoms with Gasteiger partial charge < -0.3 is 5.32 Å². The van der Waals surface area contributed by atoms with Gasteiger partial charge in [0.05, 0.1) is 14.9 Å². The lowest BCUT2D eigenvalue weighted by molar-refractivity contribution is 0.338. The van der Waals surface area contributed by atoms with Crippen molar-refractivity contribution in [2.24, 2.45) is 5.41 Å². The second kappa shape index (κ2) is 5.14. The van der Waals surface area contributed by atoms with E-state index >= 15 is 0 Å². The van der Waals surface area contributed by atoms with Crippen LogP contribution in [0.25, 0.3) is 0 Å². The molecule has 1 spiro atoms. The Hall–Kier alpha value is -0.330. The van der Waals surface area contributed by atoms with Crippen LogP contribution in [0.1, 0.15) is 12.8 Å². The van der Waals surface area contributed by atoms with Crippen LogP contribution in [-0.4, -0.2) is 38.9 Å². The summed E-state index contributed by atoms with van der Waals surface area (Å²) in [5, 5.41) is 3.96. The monoisotopic (exact) mass is 334 g/mol. The first-order valence-electron chi connectivity index (χ1n) is 6.59. The van der Waals surface area contributed by atoms with Crippen molar-refractivity contribution in [1.82, 2.24) is 9.62 Å². The highest BCUT2D eigenvalue weighted by molar-refractivity contribution is 7.89. The van der Waals surface area contributed by atoms with Gasteiger partial charge in [0.15, 0.2) is 0 Å². The first-order chi connectivity index (χ1) is 9.43. The van der Waals surface area contributed by atoms with E-state index in [1.54, 1.807) is 4.31 Å². The fourth-order valence-electron chi connectivity index (χ4n) is 3.03. The van der Waals surface area contributed by atoms with Crippen molar-refractivity contribution in [2.45, 2.75) is 17.7 Å². The summed E-state index contributed by atoms with van der Waals surface area (Å²) in [4.78, 5) is 0.218. The van der Waals surface area contributed by atoms with Crippen molar-refractivity contribution in [2.75, 3.05) is 26.2 Å². The van der Waals surface area contributed by atoms with Crippen LogP contribution in [0.2, 0.25) is 10.0 Å². The van der Waals surface area contributed by atoms with Crippen LogP contribution < -0.4 is 5.32 Å². The van der Waals surface area contributed by atoms with Crippen LogP contribution in [-0.2, 0) is 10.0 Å². The van der Waals surface area contributed by atoms with Gasteiger partial charge in [-0.25, -0.2) is 8.42 Å². The third kappa shape index (κ3) is 2.46. The Labute approximate surface area is 129 Å². The van der Waals surface area contributed by atoms with Crippen molar-refractivity contribution in [3.05, 3.63) is 28.2 Å². The second-order valence-corrected chi connectivity index (χ2v) is 8.34. The summed E-state index contributed by atoms with van der Waals surface area (Å²) in [7, 11) is -3.48. The molecule has 1 aromatic carbocycles. The van der Waals surface area contributed by atoms with E-state index in [2.05, 4.69) is 5.32 Å². The van der Waals surface area contributed by atoms with Gasteiger partial charge >= 0.3 is 0 Å². The molecule has 2 saturated heterocycles. The van der Waals surface area contributed by atoms with Gasteiger partial charge in [0.2, 0.25) is 10.0 Å².